The maximum atomic E-state index is 11.9. The van der Waals surface area contributed by atoms with Crippen LogP contribution in [0.1, 0.15) is 59.8 Å². The Balaban J connectivity index is 2.09. The Labute approximate surface area is 133 Å². The number of carbonyl (C=O) groups excluding carboxylic acids is 1. The molecule has 3 nitrogen and oxygen atoms in total. The molecule has 3 rings (SSSR count). The van der Waals surface area contributed by atoms with E-state index in [0.717, 1.165) is 37.7 Å². The minimum Gasteiger partial charge on any atom is -0.425 e. The number of esters is 1. The van der Waals surface area contributed by atoms with Gasteiger partial charge < -0.3 is 9.84 Å². The maximum Gasteiger partial charge on any atom is 0.333 e. The summed E-state index contributed by atoms with van der Waals surface area (Å²) in [4.78, 5) is 11.9. The Bertz CT molecular complexity index is 561. The fourth-order valence-corrected chi connectivity index (χ4v) is 4.81. The Hall–Kier alpha value is -1.09. The first kappa shape index (κ1) is 15.8. The van der Waals surface area contributed by atoms with Gasteiger partial charge in [-0.3, -0.25) is 0 Å². The summed E-state index contributed by atoms with van der Waals surface area (Å²) in [6.45, 7) is 12.5. The summed E-state index contributed by atoms with van der Waals surface area (Å²) in [5.41, 5.74) is 0.331. The number of hydrogen-bond acceptors (Lipinski definition) is 3. The fraction of sp³-hybridized carbons (Fsp3) is 0.737. The molecule has 0 aromatic rings. The van der Waals surface area contributed by atoms with E-state index in [9.17, 15) is 9.90 Å². The zero-order chi connectivity index (χ0) is 16.4. The molecule has 0 spiro atoms. The van der Waals surface area contributed by atoms with E-state index in [2.05, 4.69) is 26.5 Å². The molecule has 0 radical (unpaired) electrons. The summed E-state index contributed by atoms with van der Waals surface area (Å²) >= 11 is 0. The van der Waals surface area contributed by atoms with Crippen molar-refractivity contribution < 1.29 is 14.6 Å². The summed E-state index contributed by atoms with van der Waals surface area (Å²) in [7, 11) is 0. The molecule has 2 saturated carbocycles. The van der Waals surface area contributed by atoms with Gasteiger partial charge in [0.15, 0.2) is 0 Å². The summed E-state index contributed by atoms with van der Waals surface area (Å²) in [5, 5.41) is 11.2. The van der Waals surface area contributed by atoms with Crippen molar-refractivity contribution >= 4 is 5.97 Å². The molecule has 0 aromatic carbocycles. The van der Waals surface area contributed by atoms with Crippen LogP contribution in [-0.2, 0) is 9.53 Å². The quantitative estimate of drug-likeness (QED) is 0.589. The molecule has 1 heterocycles. The monoisotopic (exact) mass is 304 g/mol. The highest BCUT2D eigenvalue weighted by molar-refractivity contribution is 5.87. The lowest BCUT2D eigenvalue weighted by Crippen LogP contribution is -2.50. The highest BCUT2D eigenvalue weighted by Gasteiger charge is 2.62. The predicted octanol–water partition coefficient (Wildman–Crippen LogP) is 3.98. The number of allylic oxidation sites excluding steroid dienone is 1. The lowest BCUT2D eigenvalue weighted by Gasteiger charge is -2.50. The zero-order valence-corrected chi connectivity index (χ0v) is 14.2. The normalized spacial score (nSPS) is 46.9. The van der Waals surface area contributed by atoms with Gasteiger partial charge in [-0.1, -0.05) is 33.8 Å². The number of ether oxygens (including phenoxy) is 1. The smallest absolute Gasteiger partial charge is 0.333 e. The van der Waals surface area contributed by atoms with Crippen LogP contribution in [0.25, 0.3) is 0 Å². The van der Waals surface area contributed by atoms with E-state index in [1.165, 1.54) is 0 Å². The van der Waals surface area contributed by atoms with Crippen molar-refractivity contribution in [3.05, 3.63) is 24.3 Å². The lowest BCUT2D eigenvalue weighted by molar-refractivity contribution is -0.225. The molecule has 0 amide bonds. The second-order valence-corrected chi connectivity index (χ2v) is 8.72. The standard InChI is InChI=1S/C19H28O3/c1-6-17(4)9-10-18(5)13(12-17)7-8-16(2,3)19(21)14(18)11-15(20)22-19/h6,11,13,21H,1,7-10,12H2,2-5H3/t13-,17+,18-,19+/m1/s1. The number of aliphatic hydroxyl groups is 1. The first-order valence-corrected chi connectivity index (χ1v) is 8.38. The molecule has 4 atom stereocenters. The predicted molar refractivity (Wildman–Crippen MR) is 85.9 cm³/mol. The lowest BCUT2D eigenvalue weighted by atomic mass is 9.55. The van der Waals surface area contributed by atoms with Gasteiger partial charge in [0.2, 0.25) is 5.79 Å². The van der Waals surface area contributed by atoms with Gasteiger partial charge in [-0.25, -0.2) is 4.79 Å². The highest BCUT2D eigenvalue weighted by Crippen LogP contribution is 2.63. The molecular weight excluding hydrogens is 276 g/mol. The van der Waals surface area contributed by atoms with Crippen molar-refractivity contribution in [2.45, 2.75) is 65.6 Å². The third-order valence-electron chi connectivity index (χ3n) is 6.85. The van der Waals surface area contributed by atoms with Crippen molar-refractivity contribution in [3.63, 3.8) is 0 Å². The third kappa shape index (κ3) is 1.94. The van der Waals surface area contributed by atoms with Crippen LogP contribution < -0.4 is 0 Å². The molecule has 0 saturated heterocycles. The molecule has 2 aliphatic carbocycles. The van der Waals surface area contributed by atoms with Gasteiger partial charge in [0.05, 0.1) is 0 Å². The largest absolute Gasteiger partial charge is 0.425 e. The molecule has 3 aliphatic rings. The number of rotatable bonds is 1. The Morgan fingerprint density at radius 3 is 2.59 bits per heavy atom. The number of carbonyl (C=O) groups is 1. The van der Waals surface area contributed by atoms with E-state index in [0.29, 0.717) is 5.92 Å². The molecule has 0 bridgehead atoms. The Kier molecular flexibility index (Phi) is 3.21. The topological polar surface area (TPSA) is 46.5 Å². The molecule has 1 N–H and O–H groups in total. The van der Waals surface area contributed by atoms with Crippen LogP contribution in [0.3, 0.4) is 0 Å². The second-order valence-electron chi connectivity index (χ2n) is 8.72. The first-order chi connectivity index (χ1) is 10.1. The van der Waals surface area contributed by atoms with Crippen LogP contribution in [0.15, 0.2) is 24.3 Å². The number of hydrogen-bond donors (Lipinski definition) is 1. The third-order valence-corrected chi connectivity index (χ3v) is 6.85. The van der Waals surface area contributed by atoms with Crippen molar-refractivity contribution in [1.82, 2.24) is 0 Å². The van der Waals surface area contributed by atoms with Crippen molar-refractivity contribution in [2.24, 2.45) is 22.2 Å². The van der Waals surface area contributed by atoms with Crippen LogP contribution in [0.2, 0.25) is 0 Å². The van der Waals surface area contributed by atoms with Gasteiger partial charge in [0, 0.05) is 17.1 Å². The average Bonchev–Trinajstić information content (AvgIpc) is 2.75. The van der Waals surface area contributed by atoms with Crippen LogP contribution in [0.4, 0.5) is 0 Å². The minimum absolute atomic E-state index is 0.154. The highest BCUT2D eigenvalue weighted by atomic mass is 16.7. The molecule has 22 heavy (non-hydrogen) atoms. The van der Waals surface area contributed by atoms with Gasteiger partial charge in [-0.15, -0.1) is 6.58 Å². The Morgan fingerprint density at radius 2 is 1.95 bits per heavy atom. The zero-order valence-electron chi connectivity index (χ0n) is 14.2. The maximum absolute atomic E-state index is 11.9. The van der Waals surface area contributed by atoms with Crippen LogP contribution in [0, 0.1) is 22.2 Å². The van der Waals surface area contributed by atoms with Gasteiger partial charge in [0.1, 0.15) is 0 Å². The van der Waals surface area contributed by atoms with Crippen molar-refractivity contribution in [3.8, 4) is 0 Å². The Morgan fingerprint density at radius 1 is 1.27 bits per heavy atom. The van der Waals surface area contributed by atoms with Crippen LogP contribution in [-0.4, -0.2) is 16.9 Å². The molecule has 122 valence electrons. The first-order valence-electron chi connectivity index (χ1n) is 8.38. The molecule has 1 aliphatic heterocycles. The van der Waals surface area contributed by atoms with Gasteiger partial charge >= 0.3 is 5.97 Å². The van der Waals surface area contributed by atoms with Crippen molar-refractivity contribution in [2.75, 3.05) is 0 Å². The minimum atomic E-state index is -1.45. The SMILES string of the molecule is C=C[C@@]1(C)CC[C@@]2(C)C3=CC(=O)O[C@]3(O)C(C)(C)CC[C@@H]2C1. The molecule has 0 unspecified atom stereocenters. The summed E-state index contributed by atoms with van der Waals surface area (Å²) in [6, 6.07) is 0. The van der Waals surface area contributed by atoms with E-state index < -0.39 is 17.2 Å². The summed E-state index contributed by atoms with van der Waals surface area (Å²) < 4.78 is 5.44. The van der Waals surface area contributed by atoms with Crippen LogP contribution in [0.5, 0.6) is 0 Å². The number of fused-ring (bicyclic) bond motifs is 3. The molecule has 3 heteroatoms. The average molecular weight is 304 g/mol. The van der Waals surface area contributed by atoms with E-state index in [-0.39, 0.29) is 10.8 Å². The van der Waals surface area contributed by atoms with E-state index >= 15 is 0 Å². The summed E-state index contributed by atoms with van der Waals surface area (Å²) in [6.07, 6.45) is 8.60. The van der Waals surface area contributed by atoms with Gasteiger partial charge in [0.25, 0.3) is 0 Å². The van der Waals surface area contributed by atoms with E-state index in [1.54, 1.807) is 6.08 Å². The van der Waals surface area contributed by atoms with E-state index in [1.807, 2.05) is 13.8 Å². The van der Waals surface area contributed by atoms with Crippen molar-refractivity contribution in [1.29, 1.82) is 0 Å². The molecule has 0 aromatic heterocycles. The van der Waals surface area contributed by atoms with Gasteiger partial charge in [-0.05, 0) is 48.9 Å². The summed E-state index contributed by atoms with van der Waals surface area (Å²) in [5.74, 6) is -1.40. The molecular formula is C19H28O3. The van der Waals surface area contributed by atoms with Gasteiger partial charge in [-0.2, -0.15) is 0 Å². The second kappa shape index (κ2) is 4.47. The van der Waals surface area contributed by atoms with E-state index in [4.69, 9.17) is 4.74 Å². The van der Waals surface area contributed by atoms with Crippen LogP contribution >= 0.6 is 0 Å². The fourth-order valence-electron chi connectivity index (χ4n) is 4.81. The molecule has 2 fully saturated rings.